The van der Waals surface area contributed by atoms with Gasteiger partial charge in [0.15, 0.2) is 0 Å². The Balaban J connectivity index is 1.79. The van der Waals surface area contributed by atoms with E-state index in [9.17, 15) is 4.79 Å². The van der Waals surface area contributed by atoms with E-state index in [0.29, 0.717) is 6.04 Å². The summed E-state index contributed by atoms with van der Waals surface area (Å²) in [6.07, 6.45) is 3.57. The van der Waals surface area contributed by atoms with Crippen LogP contribution in [0.1, 0.15) is 46.5 Å². The number of rotatable bonds is 3. The fourth-order valence-corrected chi connectivity index (χ4v) is 3.59. The van der Waals surface area contributed by atoms with Crippen molar-refractivity contribution in [3.63, 3.8) is 0 Å². The summed E-state index contributed by atoms with van der Waals surface area (Å²) in [5.41, 5.74) is 0.528. The first-order valence-electron chi connectivity index (χ1n) is 7.94. The number of carbonyl (C=O) groups is 1. The van der Waals surface area contributed by atoms with E-state index in [0.717, 1.165) is 40.0 Å². The number of hydrogen-bond acceptors (Lipinski definition) is 3. The minimum Gasteiger partial charge on any atom is -0.444 e. The number of amides is 1. The van der Waals surface area contributed by atoms with Crippen LogP contribution in [0.4, 0.5) is 10.5 Å². The Labute approximate surface area is 156 Å². The first-order chi connectivity index (χ1) is 10.7. The highest BCUT2D eigenvalue weighted by molar-refractivity contribution is 14.1. The molecule has 0 unspecified atom stereocenters. The van der Waals surface area contributed by atoms with Crippen LogP contribution in [0.3, 0.4) is 0 Å². The molecule has 1 aromatic rings. The summed E-state index contributed by atoms with van der Waals surface area (Å²) < 4.78 is 6.43. The molecule has 1 amide bonds. The zero-order valence-electron chi connectivity index (χ0n) is 13.8. The molecule has 2 N–H and O–H groups in total. The van der Waals surface area contributed by atoms with Gasteiger partial charge in [0.1, 0.15) is 5.60 Å². The van der Waals surface area contributed by atoms with Gasteiger partial charge in [-0.05, 0) is 87.2 Å². The molecule has 0 saturated heterocycles. The van der Waals surface area contributed by atoms with E-state index in [1.807, 2.05) is 39.0 Å². The standard InChI is InChI=1S/C17H24ClIN2O2/c1-17(2,3)23-16(22)21-13-7-5-12(6-8-13)20-15-9-4-11(19)10-14(15)18/h4,9-10,12-13,20H,5-8H2,1-3H3,(H,21,22). The minimum absolute atomic E-state index is 0.190. The number of alkyl carbamates (subject to hydrolysis) is 1. The van der Waals surface area contributed by atoms with Gasteiger partial charge in [-0.2, -0.15) is 0 Å². The Hall–Kier alpha value is -0.690. The Morgan fingerprint density at radius 3 is 2.39 bits per heavy atom. The minimum atomic E-state index is -0.454. The predicted octanol–water partition coefficient (Wildman–Crippen LogP) is 5.19. The van der Waals surface area contributed by atoms with Gasteiger partial charge in [0.05, 0.1) is 10.7 Å². The molecular formula is C17H24ClIN2O2. The Morgan fingerprint density at radius 2 is 1.83 bits per heavy atom. The molecule has 1 aliphatic carbocycles. The van der Waals surface area contributed by atoms with Crippen LogP contribution in [0, 0.1) is 3.57 Å². The fourth-order valence-electron chi connectivity index (χ4n) is 2.68. The molecule has 4 nitrogen and oxygen atoms in total. The van der Waals surface area contributed by atoms with Gasteiger partial charge in [-0.15, -0.1) is 0 Å². The molecule has 6 heteroatoms. The lowest BCUT2D eigenvalue weighted by Crippen LogP contribution is -2.42. The van der Waals surface area contributed by atoms with Crippen molar-refractivity contribution in [1.82, 2.24) is 5.32 Å². The average Bonchev–Trinajstić information content (AvgIpc) is 2.42. The molecule has 0 bridgehead atoms. The molecule has 0 aliphatic heterocycles. The van der Waals surface area contributed by atoms with Crippen molar-refractivity contribution in [1.29, 1.82) is 0 Å². The highest BCUT2D eigenvalue weighted by atomic mass is 127. The lowest BCUT2D eigenvalue weighted by molar-refractivity contribution is 0.0492. The van der Waals surface area contributed by atoms with Crippen molar-refractivity contribution < 1.29 is 9.53 Å². The average molecular weight is 451 g/mol. The van der Waals surface area contributed by atoms with Crippen molar-refractivity contribution in [2.24, 2.45) is 0 Å². The van der Waals surface area contributed by atoms with Crippen LogP contribution in [-0.2, 0) is 4.74 Å². The molecule has 23 heavy (non-hydrogen) atoms. The number of anilines is 1. The Kier molecular flexibility index (Phi) is 6.42. The second-order valence-electron chi connectivity index (χ2n) is 6.96. The number of nitrogens with one attached hydrogen (secondary N) is 2. The lowest BCUT2D eigenvalue weighted by atomic mass is 9.91. The molecule has 0 heterocycles. The molecular weight excluding hydrogens is 427 g/mol. The summed E-state index contributed by atoms with van der Waals surface area (Å²) in [7, 11) is 0. The molecule has 0 spiro atoms. The SMILES string of the molecule is CC(C)(C)OC(=O)NC1CCC(Nc2ccc(I)cc2Cl)CC1. The van der Waals surface area contributed by atoms with Crippen LogP contribution in [0.15, 0.2) is 18.2 Å². The molecule has 0 aromatic heterocycles. The third-order valence-corrected chi connectivity index (χ3v) is 4.72. The van der Waals surface area contributed by atoms with Gasteiger partial charge in [0.25, 0.3) is 0 Å². The molecule has 1 aliphatic rings. The van der Waals surface area contributed by atoms with Crippen LogP contribution in [0.2, 0.25) is 5.02 Å². The second kappa shape index (κ2) is 7.92. The molecule has 0 atom stereocenters. The highest BCUT2D eigenvalue weighted by Crippen LogP contribution is 2.28. The summed E-state index contributed by atoms with van der Waals surface area (Å²) in [6, 6.07) is 6.61. The van der Waals surface area contributed by atoms with Crippen molar-refractivity contribution in [3.8, 4) is 0 Å². The lowest BCUT2D eigenvalue weighted by Gasteiger charge is -2.31. The third kappa shape index (κ3) is 6.37. The van der Waals surface area contributed by atoms with Gasteiger partial charge in [-0.25, -0.2) is 4.79 Å². The van der Waals surface area contributed by atoms with Gasteiger partial charge >= 0.3 is 6.09 Å². The van der Waals surface area contributed by atoms with E-state index in [2.05, 4.69) is 33.2 Å². The van der Waals surface area contributed by atoms with Crippen molar-refractivity contribution in [2.75, 3.05) is 5.32 Å². The van der Waals surface area contributed by atoms with Crippen LogP contribution >= 0.6 is 34.2 Å². The van der Waals surface area contributed by atoms with E-state index in [1.54, 1.807) is 0 Å². The van der Waals surface area contributed by atoms with Gasteiger partial charge in [0, 0.05) is 15.7 Å². The van der Waals surface area contributed by atoms with E-state index in [4.69, 9.17) is 16.3 Å². The Morgan fingerprint density at radius 1 is 1.22 bits per heavy atom. The van der Waals surface area contributed by atoms with Gasteiger partial charge < -0.3 is 15.4 Å². The second-order valence-corrected chi connectivity index (χ2v) is 8.62. The Bertz CT molecular complexity index is 552. The first-order valence-corrected chi connectivity index (χ1v) is 9.40. The van der Waals surface area contributed by atoms with Gasteiger partial charge in [-0.3, -0.25) is 0 Å². The van der Waals surface area contributed by atoms with E-state index in [-0.39, 0.29) is 12.1 Å². The number of carbonyl (C=O) groups excluding carboxylic acids is 1. The van der Waals surface area contributed by atoms with Crippen LogP contribution in [0.25, 0.3) is 0 Å². The van der Waals surface area contributed by atoms with Crippen LogP contribution in [-0.4, -0.2) is 23.8 Å². The third-order valence-electron chi connectivity index (χ3n) is 3.74. The fraction of sp³-hybridized carbons (Fsp3) is 0.588. The van der Waals surface area contributed by atoms with Gasteiger partial charge in [-0.1, -0.05) is 11.6 Å². The smallest absolute Gasteiger partial charge is 0.407 e. The topological polar surface area (TPSA) is 50.4 Å². The normalized spacial score (nSPS) is 21.6. The summed E-state index contributed by atoms with van der Waals surface area (Å²) in [4.78, 5) is 11.8. The number of halogens is 2. The van der Waals surface area contributed by atoms with Crippen molar-refractivity contribution >= 4 is 46.0 Å². The maximum Gasteiger partial charge on any atom is 0.407 e. The molecule has 1 fully saturated rings. The zero-order valence-corrected chi connectivity index (χ0v) is 16.7. The number of ether oxygens (including phenoxy) is 1. The van der Waals surface area contributed by atoms with Crippen LogP contribution in [0.5, 0.6) is 0 Å². The summed E-state index contributed by atoms with van der Waals surface area (Å²) in [5, 5.41) is 7.23. The summed E-state index contributed by atoms with van der Waals surface area (Å²) in [6.45, 7) is 5.62. The molecule has 1 saturated carbocycles. The van der Waals surface area contributed by atoms with E-state index >= 15 is 0 Å². The zero-order chi connectivity index (χ0) is 17.0. The maximum atomic E-state index is 11.8. The molecule has 2 rings (SSSR count). The van der Waals surface area contributed by atoms with Crippen molar-refractivity contribution in [2.45, 2.75) is 64.1 Å². The van der Waals surface area contributed by atoms with Crippen molar-refractivity contribution in [3.05, 3.63) is 26.8 Å². The maximum absolute atomic E-state index is 11.8. The summed E-state index contributed by atoms with van der Waals surface area (Å²) in [5.74, 6) is 0. The number of benzene rings is 1. The monoisotopic (exact) mass is 450 g/mol. The van der Waals surface area contributed by atoms with E-state index in [1.165, 1.54) is 0 Å². The van der Waals surface area contributed by atoms with E-state index < -0.39 is 5.60 Å². The quantitative estimate of drug-likeness (QED) is 0.623. The molecule has 128 valence electrons. The summed E-state index contributed by atoms with van der Waals surface area (Å²) >= 11 is 8.52. The predicted molar refractivity (Wildman–Crippen MR) is 103 cm³/mol. The largest absolute Gasteiger partial charge is 0.444 e. The highest BCUT2D eigenvalue weighted by Gasteiger charge is 2.25. The van der Waals surface area contributed by atoms with Gasteiger partial charge in [0.2, 0.25) is 0 Å². The molecule has 0 radical (unpaired) electrons. The first kappa shape index (κ1) is 18.6. The molecule has 1 aromatic carbocycles. The number of hydrogen-bond donors (Lipinski definition) is 2. The van der Waals surface area contributed by atoms with Crippen LogP contribution < -0.4 is 10.6 Å².